The molecule has 1 rings (SSSR count). The maximum Gasteiger partial charge on any atom is 0.150 e. The van der Waals surface area contributed by atoms with E-state index in [9.17, 15) is 9.90 Å². The molecule has 2 nitrogen and oxygen atoms in total. The average molecular weight is 182 g/mol. The Morgan fingerprint density at radius 3 is 2.75 bits per heavy atom. The van der Waals surface area contributed by atoms with E-state index in [0.29, 0.717) is 11.3 Å². The summed E-state index contributed by atoms with van der Waals surface area (Å²) in [6.07, 6.45) is 0.776. The van der Waals surface area contributed by atoms with Gasteiger partial charge in [-0.15, -0.1) is 0 Å². The molecule has 1 N–H and O–H groups in total. The number of aromatic hydroxyl groups is 1. The van der Waals surface area contributed by atoms with E-state index in [1.54, 1.807) is 13.0 Å². The molecule has 0 bridgehead atoms. The second kappa shape index (κ2) is 3.63. The molecular weight excluding hydrogens is 172 g/mol. The smallest absolute Gasteiger partial charge is 0.150 e. The molecule has 1 aromatic rings. The van der Waals surface area contributed by atoms with Crippen molar-refractivity contribution in [3.8, 4) is 5.75 Å². The lowest BCUT2D eigenvalue weighted by Crippen LogP contribution is -1.93. The number of hydrogen-bond acceptors (Lipinski definition) is 3. The molecule has 0 aromatic heterocycles. The van der Waals surface area contributed by atoms with Crippen LogP contribution in [0, 0.1) is 6.92 Å². The van der Waals surface area contributed by atoms with Crippen molar-refractivity contribution >= 4 is 18.9 Å². The molecule has 0 saturated carbocycles. The molecule has 0 aliphatic rings. The van der Waals surface area contributed by atoms with E-state index < -0.39 is 0 Å². The van der Waals surface area contributed by atoms with Crippen LogP contribution in [0.15, 0.2) is 12.1 Å². The van der Waals surface area contributed by atoms with E-state index in [1.807, 2.05) is 0 Å². The number of carbonyl (C=O) groups excluding carboxylic acids is 1. The Bertz CT molecular complexity index is 308. The molecule has 0 aliphatic heterocycles. The summed E-state index contributed by atoms with van der Waals surface area (Å²) >= 11 is 4.08. The molecule has 0 saturated heterocycles. The van der Waals surface area contributed by atoms with Crippen LogP contribution >= 0.6 is 12.6 Å². The van der Waals surface area contributed by atoms with Crippen LogP contribution in [0.3, 0.4) is 0 Å². The third-order valence-electron chi connectivity index (χ3n) is 1.89. The monoisotopic (exact) mass is 182 g/mol. The van der Waals surface area contributed by atoms with Gasteiger partial charge >= 0.3 is 0 Å². The zero-order valence-corrected chi connectivity index (χ0v) is 7.64. The Morgan fingerprint density at radius 1 is 1.58 bits per heavy atom. The van der Waals surface area contributed by atoms with E-state index in [2.05, 4.69) is 12.6 Å². The summed E-state index contributed by atoms with van der Waals surface area (Å²) in [6.45, 7) is 1.77. The van der Waals surface area contributed by atoms with Crippen molar-refractivity contribution in [2.75, 3.05) is 0 Å². The first-order valence-corrected chi connectivity index (χ1v) is 4.21. The van der Waals surface area contributed by atoms with Crippen LogP contribution in [-0.4, -0.2) is 11.4 Å². The van der Waals surface area contributed by atoms with Crippen molar-refractivity contribution in [3.05, 3.63) is 28.8 Å². The topological polar surface area (TPSA) is 37.3 Å². The minimum atomic E-state index is 0.213. The molecule has 0 amide bonds. The molecule has 3 heteroatoms. The minimum Gasteiger partial charge on any atom is -0.508 e. The van der Waals surface area contributed by atoms with Crippen LogP contribution in [0.5, 0.6) is 5.75 Å². The standard InChI is InChI=1S/C9H10O2S/c1-6-8(5-12)7(4-10)2-3-9(6)11/h2-4,11-12H,5H2,1H3. The van der Waals surface area contributed by atoms with Crippen LogP contribution in [0.1, 0.15) is 21.5 Å². The number of carbonyl (C=O) groups is 1. The predicted octanol–water partition coefficient (Wildman–Crippen LogP) is 1.94. The third-order valence-corrected chi connectivity index (χ3v) is 2.21. The second-order valence-corrected chi connectivity index (χ2v) is 2.87. The van der Waals surface area contributed by atoms with Crippen LogP contribution < -0.4 is 0 Å². The number of benzene rings is 1. The quantitative estimate of drug-likeness (QED) is 0.542. The number of phenols is 1. The highest BCUT2D eigenvalue weighted by Crippen LogP contribution is 2.23. The fourth-order valence-corrected chi connectivity index (χ4v) is 1.51. The van der Waals surface area contributed by atoms with Gasteiger partial charge in [-0.1, -0.05) is 0 Å². The van der Waals surface area contributed by atoms with Gasteiger partial charge in [0.1, 0.15) is 12.0 Å². The summed E-state index contributed by atoms with van der Waals surface area (Å²) in [5, 5.41) is 9.30. The van der Waals surface area contributed by atoms with Crippen molar-refractivity contribution in [2.45, 2.75) is 12.7 Å². The van der Waals surface area contributed by atoms with E-state index in [0.717, 1.165) is 17.4 Å². The predicted molar refractivity (Wildman–Crippen MR) is 50.9 cm³/mol. The van der Waals surface area contributed by atoms with Gasteiger partial charge in [0.05, 0.1) is 0 Å². The zero-order chi connectivity index (χ0) is 9.14. The second-order valence-electron chi connectivity index (χ2n) is 2.55. The summed E-state index contributed by atoms with van der Waals surface area (Å²) in [7, 11) is 0. The molecule has 0 aliphatic carbocycles. The molecular formula is C9H10O2S. The third kappa shape index (κ3) is 1.46. The highest BCUT2D eigenvalue weighted by atomic mass is 32.1. The molecule has 12 heavy (non-hydrogen) atoms. The number of aldehydes is 1. The van der Waals surface area contributed by atoms with Gasteiger partial charge < -0.3 is 5.11 Å². The summed E-state index contributed by atoms with van der Waals surface area (Å²) in [5.41, 5.74) is 2.13. The Balaban J connectivity index is 3.35. The molecule has 0 heterocycles. The van der Waals surface area contributed by atoms with Gasteiger partial charge in [-0.25, -0.2) is 0 Å². The molecule has 0 radical (unpaired) electrons. The van der Waals surface area contributed by atoms with E-state index >= 15 is 0 Å². The highest BCUT2D eigenvalue weighted by molar-refractivity contribution is 7.79. The molecule has 64 valence electrons. The molecule has 0 spiro atoms. The van der Waals surface area contributed by atoms with Crippen LogP contribution in [0.2, 0.25) is 0 Å². The van der Waals surface area contributed by atoms with Gasteiger partial charge in [0, 0.05) is 11.3 Å². The van der Waals surface area contributed by atoms with E-state index in [4.69, 9.17) is 0 Å². The van der Waals surface area contributed by atoms with Gasteiger partial charge in [0.2, 0.25) is 0 Å². The van der Waals surface area contributed by atoms with Crippen molar-refractivity contribution in [3.63, 3.8) is 0 Å². The first kappa shape index (κ1) is 9.13. The average Bonchev–Trinajstić information content (AvgIpc) is 2.09. The Kier molecular flexibility index (Phi) is 2.76. The van der Waals surface area contributed by atoms with Crippen LogP contribution in [0.25, 0.3) is 0 Å². The fourth-order valence-electron chi connectivity index (χ4n) is 1.09. The maximum absolute atomic E-state index is 10.5. The summed E-state index contributed by atoms with van der Waals surface area (Å²) in [4.78, 5) is 10.5. The van der Waals surface area contributed by atoms with Crippen molar-refractivity contribution in [1.29, 1.82) is 0 Å². The van der Waals surface area contributed by atoms with Crippen LogP contribution in [0.4, 0.5) is 0 Å². The van der Waals surface area contributed by atoms with Gasteiger partial charge in [-0.05, 0) is 30.2 Å². The van der Waals surface area contributed by atoms with Gasteiger partial charge in [-0.2, -0.15) is 12.6 Å². The lowest BCUT2D eigenvalue weighted by atomic mass is 10.0. The van der Waals surface area contributed by atoms with Crippen LogP contribution in [-0.2, 0) is 5.75 Å². The van der Waals surface area contributed by atoms with E-state index in [-0.39, 0.29) is 5.75 Å². The van der Waals surface area contributed by atoms with Gasteiger partial charge in [0.15, 0.2) is 0 Å². The van der Waals surface area contributed by atoms with Gasteiger partial charge in [0.25, 0.3) is 0 Å². The summed E-state index contributed by atoms with van der Waals surface area (Å²) in [5.74, 6) is 0.679. The number of hydrogen-bond donors (Lipinski definition) is 2. The SMILES string of the molecule is Cc1c(O)ccc(C=O)c1CS. The first-order chi connectivity index (χ1) is 5.70. The van der Waals surface area contributed by atoms with Crippen molar-refractivity contribution in [2.24, 2.45) is 0 Å². The Morgan fingerprint density at radius 2 is 2.25 bits per heavy atom. The summed E-state index contributed by atoms with van der Waals surface area (Å²) < 4.78 is 0. The first-order valence-electron chi connectivity index (χ1n) is 3.58. The zero-order valence-electron chi connectivity index (χ0n) is 6.74. The Hall–Kier alpha value is -0.960. The Labute approximate surface area is 76.6 Å². The van der Waals surface area contributed by atoms with Crippen molar-refractivity contribution < 1.29 is 9.90 Å². The normalized spacial score (nSPS) is 9.83. The van der Waals surface area contributed by atoms with Crippen molar-refractivity contribution in [1.82, 2.24) is 0 Å². The maximum atomic E-state index is 10.5. The number of thiol groups is 1. The lowest BCUT2D eigenvalue weighted by Gasteiger charge is -2.06. The molecule has 0 fully saturated rings. The van der Waals surface area contributed by atoms with Gasteiger partial charge in [-0.3, -0.25) is 4.79 Å². The number of rotatable bonds is 2. The van der Waals surface area contributed by atoms with E-state index in [1.165, 1.54) is 6.07 Å². The molecule has 1 aromatic carbocycles. The largest absolute Gasteiger partial charge is 0.508 e. The fraction of sp³-hybridized carbons (Fsp3) is 0.222. The summed E-state index contributed by atoms with van der Waals surface area (Å²) in [6, 6.07) is 3.12. The lowest BCUT2D eigenvalue weighted by molar-refractivity contribution is 0.112. The molecule has 0 unspecified atom stereocenters. The number of phenolic OH excluding ortho intramolecular Hbond substituents is 1. The highest BCUT2D eigenvalue weighted by Gasteiger charge is 2.06. The molecule has 0 atom stereocenters. The minimum absolute atomic E-state index is 0.213.